The lowest BCUT2D eigenvalue weighted by Gasteiger charge is -2.15. The van der Waals surface area contributed by atoms with Crippen molar-refractivity contribution in [2.45, 2.75) is 43.0 Å². The van der Waals surface area contributed by atoms with Crippen LogP contribution in [0.4, 0.5) is 4.79 Å². The second-order valence-electron chi connectivity index (χ2n) is 4.76. The van der Waals surface area contributed by atoms with E-state index in [0.29, 0.717) is 19.3 Å². The molecule has 2 fully saturated rings. The van der Waals surface area contributed by atoms with Crippen LogP contribution in [0.1, 0.15) is 25.7 Å². The molecule has 3 N–H and O–H groups in total. The number of nitrogens with one attached hydrogen (secondary N) is 2. The van der Waals surface area contributed by atoms with Crippen molar-refractivity contribution in [3.8, 4) is 0 Å². The highest BCUT2D eigenvalue weighted by Crippen LogP contribution is 2.28. The third-order valence-electron chi connectivity index (χ3n) is 3.45. The largest absolute Gasteiger partial charge is 0.481 e. The molecule has 7 nitrogen and oxygen atoms in total. The summed E-state index contributed by atoms with van der Waals surface area (Å²) in [5.41, 5.74) is 0. The van der Waals surface area contributed by atoms with E-state index in [4.69, 9.17) is 5.11 Å². The summed E-state index contributed by atoms with van der Waals surface area (Å²) in [4.78, 5) is 21.5. The fourth-order valence-electron chi connectivity index (χ4n) is 2.63. The summed E-state index contributed by atoms with van der Waals surface area (Å²) in [5.74, 6) is -0.905. The first kappa shape index (κ1) is 13.1. The fraction of sp³-hybridized carbons (Fsp3) is 0.800. The Morgan fingerprint density at radius 1 is 1.33 bits per heavy atom. The summed E-state index contributed by atoms with van der Waals surface area (Å²) >= 11 is 0. The Balaban J connectivity index is 1.93. The Morgan fingerprint density at radius 3 is 2.72 bits per heavy atom. The average molecular weight is 276 g/mol. The quantitative estimate of drug-likeness (QED) is 0.462. The first-order valence-corrected chi connectivity index (χ1v) is 7.62. The minimum atomic E-state index is -3.20. The van der Waals surface area contributed by atoms with Crippen LogP contribution in [0.2, 0.25) is 0 Å². The number of carboxylic acid groups (broad SMARTS) is 1. The number of amides is 2. The lowest BCUT2D eigenvalue weighted by Crippen LogP contribution is -2.39. The highest BCUT2D eigenvalue weighted by Gasteiger charge is 2.51. The zero-order valence-electron chi connectivity index (χ0n) is 9.76. The van der Waals surface area contributed by atoms with Gasteiger partial charge in [-0.2, -0.15) is 0 Å². The first-order chi connectivity index (χ1) is 8.40. The van der Waals surface area contributed by atoms with Crippen molar-refractivity contribution in [3.05, 3.63) is 0 Å². The van der Waals surface area contributed by atoms with E-state index in [1.54, 1.807) is 0 Å². The van der Waals surface area contributed by atoms with Crippen molar-refractivity contribution in [1.29, 1.82) is 0 Å². The van der Waals surface area contributed by atoms with Crippen LogP contribution < -0.4 is 10.6 Å². The van der Waals surface area contributed by atoms with Gasteiger partial charge in [-0.25, -0.2) is 13.2 Å². The van der Waals surface area contributed by atoms with Gasteiger partial charge in [0, 0.05) is 6.42 Å². The Labute approximate surface area is 105 Å². The minimum absolute atomic E-state index is 0.0278. The molecule has 3 atom stereocenters. The van der Waals surface area contributed by atoms with Crippen LogP contribution in [0.25, 0.3) is 0 Å². The van der Waals surface area contributed by atoms with Gasteiger partial charge >= 0.3 is 12.0 Å². The lowest BCUT2D eigenvalue weighted by molar-refractivity contribution is -0.137. The molecule has 2 aliphatic heterocycles. The van der Waals surface area contributed by atoms with Gasteiger partial charge in [0.2, 0.25) is 0 Å². The summed E-state index contributed by atoms with van der Waals surface area (Å²) in [6, 6.07) is -1.03. The summed E-state index contributed by atoms with van der Waals surface area (Å²) < 4.78 is 23.8. The van der Waals surface area contributed by atoms with Gasteiger partial charge in [0.15, 0.2) is 9.84 Å². The first-order valence-electron chi connectivity index (χ1n) is 5.90. The number of aliphatic carboxylic acids is 1. The van der Waals surface area contributed by atoms with Crippen LogP contribution in [0.15, 0.2) is 0 Å². The van der Waals surface area contributed by atoms with E-state index in [0.717, 1.165) is 0 Å². The molecule has 102 valence electrons. The monoisotopic (exact) mass is 276 g/mol. The van der Waals surface area contributed by atoms with E-state index < -0.39 is 21.1 Å². The van der Waals surface area contributed by atoms with Gasteiger partial charge in [-0.05, 0) is 12.8 Å². The molecule has 0 aliphatic carbocycles. The Morgan fingerprint density at radius 2 is 2.06 bits per heavy atom. The van der Waals surface area contributed by atoms with Crippen molar-refractivity contribution in [2.24, 2.45) is 0 Å². The third-order valence-corrected chi connectivity index (χ3v) is 5.73. The van der Waals surface area contributed by atoms with Gasteiger partial charge in [-0.15, -0.1) is 0 Å². The average Bonchev–Trinajstić information content (AvgIpc) is 2.66. The minimum Gasteiger partial charge on any atom is -0.481 e. The van der Waals surface area contributed by atoms with Gasteiger partial charge in [-0.3, -0.25) is 4.79 Å². The molecule has 1 unspecified atom stereocenters. The van der Waals surface area contributed by atoms with Crippen LogP contribution in [0.3, 0.4) is 0 Å². The molecule has 2 aliphatic rings. The fourth-order valence-corrected chi connectivity index (χ4v) is 4.90. The molecule has 18 heavy (non-hydrogen) atoms. The molecule has 2 rings (SSSR count). The Kier molecular flexibility index (Phi) is 3.47. The zero-order chi connectivity index (χ0) is 13.3. The number of urea groups is 1. The van der Waals surface area contributed by atoms with E-state index in [1.807, 2.05) is 0 Å². The number of carbonyl (C=O) groups is 2. The highest BCUT2D eigenvalue weighted by atomic mass is 32.2. The summed E-state index contributed by atoms with van der Waals surface area (Å²) in [7, 11) is -3.20. The van der Waals surface area contributed by atoms with Gasteiger partial charge < -0.3 is 15.7 Å². The number of carbonyl (C=O) groups excluding carboxylic acids is 1. The molecule has 0 saturated carbocycles. The van der Waals surface area contributed by atoms with Gasteiger partial charge in [0.25, 0.3) is 0 Å². The summed E-state index contributed by atoms with van der Waals surface area (Å²) in [5, 5.41) is 13.1. The second-order valence-corrected chi connectivity index (χ2v) is 7.02. The Hall–Kier alpha value is -1.31. The number of rotatable bonds is 5. The van der Waals surface area contributed by atoms with Crippen LogP contribution in [0, 0.1) is 0 Å². The maximum atomic E-state index is 11.9. The molecule has 0 spiro atoms. The molecular formula is C10H16N2O5S. The van der Waals surface area contributed by atoms with E-state index >= 15 is 0 Å². The maximum absolute atomic E-state index is 11.9. The molecule has 0 radical (unpaired) electrons. The predicted octanol–water partition coefficient (Wildman–Crippen LogP) is -0.522. The Bertz CT molecular complexity index is 461. The standard InChI is InChI=1S/C10H16N2O5S/c13-8(14)4-2-1-3-7-9-6(5-18(7,16)17)11-10(15)12-9/h6-7,9H,1-5H2,(H,13,14)(H2,11,12,15)/t6?,7-,9-/m0/s1. The normalized spacial score (nSPS) is 32.7. The lowest BCUT2D eigenvalue weighted by atomic mass is 10.0. The molecular weight excluding hydrogens is 260 g/mol. The number of hydrogen-bond acceptors (Lipinski definition) is 4. The zero-order valence-corrected chi connectivity index (χ0v) is 10.6. The van der Waals surface area contributed by atoms with E-state index in [-0.39, 0.29) is 30.3 Å². The van der Waals surface area contributed by atoms with Crippen molar-refractivity contribution in [1.82, 2.24) is 10.6 Å². The van der Waals surface area contributed by atoms with Gasteiger partial charge in [0.1, 0.15) is 0 Å². The molecule has 2 amide bonds. The van der Waals surface area contributed by atoms with Crippen molar-refractivity contribution in [3.63, 3.8) is 0 Å². The number of carboxylic acids is 1. The maximum Gasteiger partial charge on any atom is 0.315 e. The van der Waals surface area contributed by atoms with Crippen molar-refractivity contribution in [2.75, 3.05) is 5.75 Å². The molecule has 0 aromatic rings. The number of sulfone groups is 1. The van der Waals surface area contributed by atoms with Crippen LogP contribution in [-0.4, -0.2) is 48.6 Å². The van der Waals surface area contributed by atoms with Gasteiger partial charge in [-0.1, -0.05) is 6.42 Å². The van der Waals surface area contributed by atoms with E-state index in [9.17, 15) is 18.0 Å². The van der Waals surface area contributed by atoms with Crippen LogP contribution >= 0.6 is 0 Å². The topological polar surface area (TPSA) is 113 Å². The number of fused-ring (bicyclic) bond motifs is 1. The number of hydrogen-bond donors (Lipinski definition) is 3. The van der Waals surface area contributed by atoms with Crippen LogP contribution in [0.5, 0.6) is 0 Å². The third kappa shape index (κ3) is 2.58. The second kappa shape index (κ2) is 4.75. The molecule has 8 heteroatoms. The summed E-state index contributed by atoms with van der Waals surface area (Å²) in [6.07, 6.45) is 1.44. The van der Waals surface area contributed by atoms with Crippen LogP contribution in [-0.2, 0) is 14.6 Å². The smallest absolute Gasteiger partial charge is 0.315 e. The predicted molar refractivity (Wildman–Crippen MR) is 62.9 cm³/mol. The van der Waals surface area contributed by atoms with Gasteiger partial charge in [0.05, 0.1) is 23.1 Å². The molecule has 2 saturated heterocycles. The molecule has 0 bridgehead atoms. The van der Waals surface area contributed by atoms with E-state index in [2.05, 4.69) is 10.6 Å². The molecule has 0 aromatic carbocycles. The molecule has 2 heterocycles. The number of unbranched alkanes of at least 4 members (excludes halogenated alkanes) is 1. The highest BCUT2D eigenvalue weighted by molar-refractivity contribution is 7.92. The summed E-state index contributed by atoms with van der Waals surface area (Å²) in [6.45, 7) is 0. The SMILES string of the molecule is O=C(O)CCCC[C@H]1[C@H]2NC(=O)NC2CS1(=O)=O. The molecule has 0 aromatic heterocycles. The van der Waals surface area contributed by atoms with Crippen molar-refractivity contribution >= 4 is 21.8 Å². The van der Waals surface area contributed by atoms with E-state index in [1.165, 1.54) is 0 Å². The van der Waals surface area contributed by atoms with Crippen molar-refractivity contribution < 1.29 is 23.1 Å².